The minimum absolute atomic E-state index is 0.0185. The molecule has 1 spiro atoms. The van der Waals surface area contributed by atoms with Crippen molar-refractivity contribution in [2.75, 3.05) is 0 Å². The number of fused-ring (bicyclic) bond motifs is 28. The summed E-state index contributed by atoms with van der Waals surface area (Å²) < 4.78 is 7.37. The molecule has 2 aliphatic heterocycles. The van der Waals surface area contributed by atoms with E-state index in [0.29, 0.717) is 0 Å². The highest BCUT2D eigenvalue weighted by Gasteiger charge is 2.55. The first kappa shape index (κ1) is 65.6. The highest BCUT2D eigenvalue weighted by molar-refractivity contribution is 8.00. The summed E-state index contributed by atoms with van der Waals surface area (Å²) in [4.78, 5) is 5.29. The van der Waals surface area contributed by atoms with Gasteiger partial charge in [-0.1, -0.05) is 341 Å². The minimum Gasteiger partial charge on any atom is -0.309 e. The fourth-order valence-corrected chi connectivity index (χ4v) is 24.4. The van der Waals surface area contributed by atoms with Gasteiger partial charge in [-0.05, 0) is 199 Å². The number of para-hydroxylation sites is 5. The zero-order valence-corrected chi connectivity index (χ0v) is 65.1. The number of hydrogen-bond donors (Lipinski definition) is 0. The molecule has 0 fully saturated rings. The van der Waals surface area contributed by atoms with Gasteiger partial charge in [0, 0.05) is 86.0 Å². The lowest BCUT2D eigenvalue weighted by Crippen LogP contribution is -2.55. The number of hydrogen-bond acceptors (Lipinski definition) is 2. The molecule has 21 aromatic rings. The minimum atomic E-state index is -0.727. The van der Waals surface area contributed by atoms with Crippen LogP contribution in [0.15, 0.2) is 420 Å². The Labute approximate surface area is 686 Å². The highest BCUT2D eigenvalue weighted by atomic mass is 32.2. The van der Waals surface area contributed by atoms with Gasteiger partial charge in [0.05, 0.1) is 38.5 Å². The molecule has 0 radical (unpaired) electrons. The van der Waals surface area contributed by atoms with Crippen molar-refractivity contribution in [2.45, 2.75) is 30.9 Å². The topological polar surface area (TPSA) is 14.8 Å². The monoisotopic (exact) mass is 1520 g/mol. The third kappa shape index (κ3) is 9.30. The second kappa shape index (κ2) is 25.1. The Bertz CT molecular complexity index is 7850. The fraction of sp³-hybridized carbons (Fsp3) is 0.0182. The van der Waals surface area contributed by atoms with Gasteiger partial charge < -0.3 is 13.7 Å². The highest BCUT2D eigenvalue weighted by Crippen LogP contribution is 2.67. The molecule has 0 amide bonds. The van der Waals surface area contributed by atoms with Crippen LogP contribution in [0.3, 0.4) is 0 Å². The Morgan fingerprint density at radius 1 is 0.239 bits per heavy atom. The normalized spacial score (nSPS) is 15.0. The van der Waals surface area contributed by atoms with Crippen molar-refractivity contribution >= 4 is 135 Å². The second-order valence-corrected chi connectivity index (χ2v) is 34.4. The lowest BCUT2D eigenvalue weighted by Gasteiger charge is -2.33. The lowest BCUT2D eigenvalue weighted by molar-refractivity contribution is 0.790. The van der Waals surface area contributed by atoms with Gasteiger partial charge in [-0.15, -0.1) is 0 Å². The molecule has 2 atom stereocenters. The molecule has 7 heteroatoms. The summed E-state index contributed by atoms with van der Waals surface area (Å²) in [5, 5.41) is 7.45. The number of nitrogens with zero attached hydrogens (tertiary/aromatic N) is 3. The standard InChI is InChI=1S/C110H67B2N3S2/c1-5-25-72(26-6-1)111-93-38-18-23-43-103(93)116-108-95(111)56-54-91-106(108)87-65-71(105-81-37-14-13-33-77(81)83-61-67(45-51-82(83)105)68-47-58-100-84(62-68)78-34-15-20-40-97(78)113(100)74-29-9-3-10-30-74)46-52-89(87)110(91)90-53-50-76(66-88(90)107-92(110)55-57-96-109(107)117-104-44-24-19-39-94(104)112(96)73-27-7-2-8-28-73)115-99-42-22-17-36-80(99)86-64-70(49-60-102(86)115)69-48-59-101-85(63-69)79-35-16-21-41-98(79)114(101)75-31-11-4-12-32-75/h1-66,105H. The molecule has 26 rings (SSSR count). The van der Waals surface area contributed by atoms with Crippen LogP contribution in [0, 0.1) is 0 Å². The zero-order valence-electron chi connectivity index (χ0n) is 63.5. The molecule has 117 heavy (non-hydrogen) atoms. The first-order valence-electron chi connectivity index (χ1n) is 40.8. The number of rotatable bonds is 8. The first-order valence-corrected chi connectivity index (χ1v) is 42.4. The maximum atomic E-state index is 2.66. The predicted octanol–water partition coefficient (Wildman–Crippen LogP) is 23.8. The van der Waals surface area contributed by atoms with Crippen molar-refractivity contribution < 1.29 is 0 Å². The molecule has 18 aromatic carbocycles. The Balaban J connectivity index is 0.690. The van der Waals surface area contributed by atoms with Crippen molar-refractivity contribution in [3.05, 3.63) is 439 Å². The summed E-state index contributed by atoms with van der Waals surface area (Å²) in [6.45, 7) is 0.0531. The summed E-state index contributed by atoms with van der Waals surface area (Å²) in [5.74, 6) is -0.0185. The van der Waals surface area contributed by atoms with Crippen LogP contribution in [0.4, 0.5) is 0 Å². The van der Waals surface area contributed by atoms with Gasteiger partial charge in [-0.25, -0.2) is 0 Å². The van der Waals surface area contributed by atoms with Crippen LogP contribution >= 0.6 is 23.5 Å². The van der Waals surface area contributed by atoms with Crippen molar-refractivity contribution in [1.82, 2.24) is 13.7 Å². The molecule has 3 nitrogen and oxygen atoms in total. The Kier molecular flexibility index (Phi) is 14.1. The lowest BCUT2D eigenvalue weighted by atomic mass is 9.36. The van der Waals surface area contributed by atoms with Gasteiger partial charge >= 0.3 is 0 Å². The molecular weight excluding hydrogens is 1450 g/mol. The molecule has 3 aromatic heterocycles. The maximum Gasteiger partial charge on any atom is 0.244 e. The Morgan fingerprint density at radius 2 is 0.624 bits per heavy atom. The van der Waals surface area contributed by atoms with Crippen LogP contribution in [-0.2, 0) is 5.41 Å². The molecule has 540 valence electrons. The van der Waals surface area contributed by atoms with Crippen LogP contribution in [0.5, 0.6) is 0 Å². The van der Waals surface area contributed by atoms with Gasteiger partial charge in [0.25, 0.3) is 0 Å². The van der Waals surface area contributed by atoms with Crippen LogP contribution in [0.1, 0.15) is 44.9 Å². The van der Waals surface area contributed by atoms with Crippen LogP contribution < -0.4 is 32.8 Å². The molecule has 0 N–H and O–H groups in total. The van der Waals surface area contributed by atoms with E-state index in [0.717, 1.165) is 17.1 Å². The third-order valence-electron chi connectivity index (χ3n) is 26.6. The fourth-order valence-electron chi connectivity index (χ4n) is 21.8. The van der Waals surface area contributed by atoms with Gasteiger partial charge in [0.15, 0.2) is 0 Å². The average Bonchev–Trinajstić information content (AvgIpc) is 1.49. The van der Waals surface area contributed by atoms with E-state index in [1.165, 1.54) is 212 Å². The van der Waals surface area contributed by atoms with E-state index in [-0.39, 0.29) is 19.3 Å². The number of benzene rings is 18. The maximum absolute atomic E-state index is 2.66. The summed E-state index contributed by atoms with van der Waals surface area (Å²) in [6, 6.07) is 153. The zero-order chi connectivity index (χ0) is 76.3. The van der Waals surface area contributed by atoms with Gasteiger partial charge in [0.1, 0.15) is 0 Å². The van der Waals surface area contributed by atoms with Crippen molar-refractivity contribution in [3.63, 3.8) is 0 Å². The Hall–Kier alpha value is -13.8. The second-order valence-electron chi connectivity index (χ2n) is 32.3. The Morgan fingerprint density at radius 3 is 1.14 bits per heavy atom. The molecule has 0 saturated carbocycles. The largest absolute Gasteiger partial charge is 0.309 e. The predicted molar refractivity (Wildman–Crippen MR) is 493 cm³/mol. The summed E-state index contributed by atoms with van der Waals surface area (Å²) in [7, 11) is 0. The molecule has 3 aliphatic carbocycles. The van der Waals surface area contributed by atoms with Crippen molar-refractivity contribution in [3.8, 4) is 72.7 Å². The van der Waals surface area contributed by atoms with E-state index in [1.807, 2.05) is 23.5 Å². The summed E-state index contributed by atoms with van der Waals surface area (Å²) in [6.07, 6.45) is 0. The molecule has 0 bridgehead atoms. The van der Waals surface area contributed by atoms with E-state index in [4.69, 9.17) is 0 Å². The van der Waals surface area contributed by atoms with E-state index in [2.05, 4.69) is 414 Å². The molecule has 5 aliphatic rings. The van der Waals surface area contributed by atoms with Gasteiger partial charge in [0.2, 0.25) is 13.4 Å². The van der Waals surface area contributed by atoms with E-state index >= 15 is 0 Å². The number of aromatic nitrogens is 3. The average molecular weight is 1520 g/mol. The smallest absolute Gasteiger partial charge is 0.244 e. The quantitative estimate of drug-likeness (QED) is 0.141. The van der Waals surface area contributed by atoms with Crippen molar-refractivity contribution in [2.24, 2.45) is 0 Å². The van der Waals surface area contributed by atoms with E-state index in [1.54, 1.807) is 0 Å². The summed E-state index contributed by atoms with van der Waals surface area (Å²) >= 11 is 3.95. The molecule has 2 unspecified atom stereocenters. The van der Waals surface area contributed by atoms with Gasteiger partial charge in [-0.3, -0.25) is 0 Å². The van der Waals surface area contributed by atoms with Crippen molar-refractivity contribution in [1.29, 1.82) is 0 Å². The molecule has 0 saturated heterocycles. The van der Waals surface area contributed by atoms with E-state index < -0.39 is 5.41 Å². The third-order valence-corrected chi connectivity index (χ3v) is 29.1. The van der Waals surface area contributed by atoms with Gasteiger partial charge in [-0.2, -0.15) is 0 Å². The SMILES string of the molecule is c1ccc(B2c3ccccc3Sc3c2ccc2c3-c3cc(C4c5ccccc5-c5cc(-c6ccc7c(c6)c6ccccc6n7-c6ccccc6)ccc54)ccc3C23c2ccc(-n4c5ccccc5c5cc(-c6ccc7c(c6)c6ccccc6n7-c6ccccc6)ccc54)cc2-c2c3ccc3c2Sc2ccccc2B3c2ccccc2)cc1. The first-order chi connectivity index (χ1) is 58.1. The molecular formula is C110H67B2N3S2. The summed E-state index contributed by atoms with van der Waals surface area (Å²) in [5.41, 5.74) is 39.9. The van der Waals surface area contributed by atoms with E-state index in [9.17, 15) is 0 Å². The van der Waals surface area contributed by atoms with Crippen LogP contribution in [0.25, 0.3) is 138 Å². The van der Waals surface area contributed by atoms with Crippen LogP contribution in [0.2, 0.25) is 0 Å². The molecule has 5 heterocycles. The van der Waals surface area contributed by atoms with Crippen LogP contribution in [-0.4, -0.2) is 27.1 Å².